The van der Waals surface area contributed by atoms with Crippen molar-refractivity contribution in [2.24, 2.45) is 5.73 Å². The Labute approximate surface area is 152 Å². The van der Waals surface area contributed by atoms with E-state index >= 15 is 0 Å². The lowest BCUT2D eigenvalue weighted by molar-refractivity contribution is -0.143. The van der Waals surface area contributed by atoms with Gasteiger partial charge in [0.15, 0.2) is 0 Å². The standard InChI is InChI=1S/C19H21F2NO2.ClH/c1-4-24-17(23)10-16(22)14-9-13(8-12(3)19(14)21)18-11(2)6-5-7-15(18)20;/h5-9,16H,4,10,22H2,1-3H3;1H/t16-;/m0./s1. The summed E-state index contributed by atoms with van der Waals surface area (Å²) >= 11 is 0. The maximum absolute atomic E-state index is 14.5. The lowest BCUT2D eigenvalue weighted by atomic mass is 9.93. The molecule has 0 aliphatic rings. The molecular weight excluding hydrogens is 348 g/mol. The molecule has 3 nitrogen and oxygen atoms in total. The van der Waals surface area contributed by atoms with Gasteiger partial charge in [0.25, 0.3) is 0 Å². The summed E-state index contributed by atoms with van der Waals surface area (Å²) in [6.07, 6.45) is -0.135. The first-order valence-electron chi connectivity index (χ1n) is 7.81. The number of benzene rings is 2. The number of carbonyl (C=O) groups is 1. The smallest absolute Gasteiger partial charge is 0.307 e. The zero-order valence-corrected chi connectivity index (χ0v) is 15.3. The van der Waals surface area contributed by atoms with Gasteiger partial charge in [-0.1, -0.05) is 12.1 Å². The van der Waals surface area contributed by atoms with Crippen molar-refractivity contribution < 1.29 is 18.3 Å². The van der Waals surface area contributed by atoms with Crippen LogP contribution in [0.3, 0.4) is 0 Å². The number of halogens is 3. The number of rotatable bonds is 5. The Morgan fingerprint density at radius 1 is 1.20 bits per heavy atom. The highest BCUT2D eigenvalue weighted by Crippen LogP contribution is 2.32. The zero-order chi connectivity index (χ0) is 17.9. The van der Waals surface area contributed by atoms with Gasteiger partial charge in [0, 0.05) is 17.2 Å². The molecule has 25 heavy (non-hydrogen) atoms. The summed E-state index contributed by atoms with van der Waals surface area (Å²) in [5.41, 5.74) is 8.21. The fourth-order valence-corrected chi connectivity index (χ4v) is 2.72. The van der Waals surface area contributed by atoms with Crippen molar-refractivity contribution in [2.75, 3.05) is 6.61 Å². The summed E-state index contributed by atoms with van der Waals surface area (Å²) in [4.78, 5) is 11.6. The summed E-state index contributed by atoms with van der Waals surface area (Å²) in [5.74, 6) is -1.36. The van der Waals surface area contributed by atoms with E-state index in [0.717, 1.165) is 5.56 Å². The fraction of sp³-hybridized carbons (Fsp3) is 0.316. The maximum Gasteiger partial charge on any atom is 0.307 e. The Bertz CT molecular complexity index is 745. The quantitative estimate of drug-likeness (QED) is 0.782. The van der Waals surface area contributed by atoms with Crippen LogP contribution in [0.1, 0.15) is 36.1 Å². The predicted octanol–water partition coefficient (Wildman–Crippen LogP) is 4.62. The van der Waals surface area contributed by atoms with Gasteiger partial charge in [-0.25, -0.2) is 8.78 Å². The number of hydrogen-bond donors (Lipinski definition) is 1. The highest BCUT2D eigenvalue weighted by Gasteiger charge is 2.20. The van der Waals surface area contributed by atoms with E-state index in [0.29, 0.717) is 16.7 Å². The molecule has 6 heteroatoms. The van der Waals surface area contributed by atoms with Crippen LogP contribution >= 0.6 is 12.4 Å². The number of ether oxygens (including phenoxy) is 1. The number of aryl methyl sites for hydroxylation is 2. The van der Waals surface area contributed by atoms with Gasteiger partial charge in [-0.15, -0.1) is 12.4 Å². The Morgan fingerprint density at radius 3 is 2.48 bits per heavy atom. The first-order chi connectivity index (χ1) is 11.3. The Morgan fingerprint density at radius 2 is 1.88 bits per heavy atom. The molecule has 2 N–H and O–H groups in total. The lowest BCUT2D eigenvalue weighted by Crippen LogP contribution is -2.19. The monoisotopic (exact) mass is 369 g/mol. The molecule has 0 saturated heterocycles. The van der Waals surface area contributed by atoms with Gasteiger partial charge in [0.2, 0.25) is 0 Å². The van der Waals surface area contributed by atoms with Crippen LogP contribution in [0.15, 0.2) is 30.3 Å². The van der Waals surface area contributed by atoms with Crippen LogP contribution < -0.4 is 5.73 Å². The second-order valence-electron chi connectivity index (χ2n) is 5.74. The maximum atomic E-state index is 14.5. The minimum atomic E-state index is -0.852. The van der Waals surface area contributed by atoms with Crippen molar-refractivity contribution in [2.45, 2.75) is 33.2 Å². The SMILES string of the molecule is CCOC(=O)C[C@H](N)c1cc(-c2c(C)cccc2F)cc(C)c1F.Cl. The summed E-state index contributed by atoms with van der Waals surface area (Å²) in [6.45, 7) is 5.31. The molecule has 0 saturated carbocycles. The third-order valence-corrected chi connectivity index (χ3v) is 3.88. The van der Waals surface area contributed by atoms with Gasteiger partial charge in [0.05, 0.1) is 13.0 Å². The molecule has 0 heterocycles. The number of carbonyl (C=O) groups excluding carboxylic acids is 1. The Hall–Kier alpha value is -1.98. The fourth-order valence-electron chi connectivity index (χ4n) is 2.72. The van der Waals surface area contributed by atoms with Crippen molar-refractivity contribution in [3.63, 3.8) is 0 Å². The molecule has 0 aliphatic heterocycles. The molecule has 2 rings (SSSR count). The van der Waals surface area contributed by atoms with E-state index in [-0.39, 0.29) is 36.8 Å². The molecule has 0 bridgehead atoms. The van der Waals surface area contributed by atoms with Crippen molar-refractivity contribution in [1.82, 2.24) is 0 Å². The lowest BCUT2D eigenvalue weighted by Gasteiger charge is -2.17. The molecule has 1 atom stereocenters. The summed E-state index contributed by atoms with van der Waals surface area (Å²) in [7, 11) is 0. The van der Waals surface area contributed by atoms with Gasteiger partial charge in [-0.05, 0) is 55.7 Å². The summed E-state index contributed by atoms with van der Waals surface area (Å²) in [6, 6.07) is 7.01. The Balaban J connectivity index is 0.00000312. The van der Waals surface area contributed by atoms with E-state index < -0.39 is 17.8 Å². The molecule has 0 radical (unpaired) electrons. The predicted molar refractivity (Wildman–Crippen MR) is 96.7 cm³/mol. The van der Waals surface area contributed by atoms with E-state index in [1.54, 1.807) is 39.0 Å². The molecule has 136 valence electrons. The third-order valence-electron chi connectivity index (χ3n) is 3.88. The van der Waals surface area contributed by atoms with E-state index in [2.05, 4.69) is 0 Å². The highest BCUT2D eigenvalue weighted by molar-refractivity contribution is 5.85. The van der Waals surface area contributed by atoms with Crippen LogP contribution in [0.5, 0.6) is 0 Å². The van der Waals surface area contributed by atoms with E-state index in [1.165, 1.54) is 12.1 Å². The molecule has 0 aromatic heterocycles. The highest BCUT2D eigenvalue weighted by atomic mass is 35.5. The number of hydrogen-bond acceptors (Lipinski definition) is 3. The van der Waals surface area contributed by atoms with Crippen molar-refractivity contribution >= 4 is 18.4 Å². The first kappa shape index (κ1) is 21.1. The Kier molecular flexibility index (Phi) is 7.52. The van der Waals surface area contributed by atoms with Crippen LogP contribution in [0.25, 0.3) is 11.1 Å². The molecular formula is C19H22ClF2NO2. The average molecular weight is 370 g/mol. The average Bonchev–Trinajstić information content (AvgIpc) is 2.50. The van der Waals surface area contributed by atoms with E-state index in [1.807, 2.05) is 0 Å². The second-order valence-corrected chi connectivity index (χ2v) is 5.74. The zero-order valence-electron chi connectivity index (χ0n) is 14.4. The molecule has 0 amide bonds. The van der Waals surface area contributed by atoms with Crippen molar-refractivity contribution in [3.05, 3.63) is 58.7 Å². The summed E-state index contributed by atoms with van der Waals surface area (Å²) in [5, 5.41) is 0. The van der Waals surface area contributed by atoms with Crippen LogP contribution in [-0.2, 0) is 9.53 Å². The van der Waals surface area contributed by atoms with Crippen LogP contribution in [0, 0.1) is 25.5 Å². The molecule has 0 fully saturated rings. The van der Waals surface area contributed by atoms with Crippen LogP contribution in [-0.4, -0.2) is 12.6 Å². The van der Waals surface area contributed by atoms with Crippen molar-refractivity contribution in [3.8, 4) is 11.1 Å². The molecule has 2 aromatic rings. The van der Waals surface area contributed by atoms with Gasteiger partial charge < -0.3 is 10.5 Å². The molecule has 0 aliphatic carbocycles. The minimum Gasteiger partial charge on any atom is -0.466 e. The minimum absolute atomic E-state index is 0. The summed E-state index contributed by atoms with van der Waals surface area (Å²) < 4.78 is 33.5. The molecule has 0 unspecified atom stereocenters. The first-order valence-corrected chi connectivity index (χ1v) is 7.81. The van der Waals surface area contributed by atoms with Gasteiger partial charge in [0.1, 0.15) is 11.6 Å². The van der Waals surface area contributed by atoms with Crippen LogP contribution in [0.2, 0.25) is 0 Å². The second kappa shape index (κ2) is 8.92. The van der Waals surface area contributed by atoms with Gasteiger partial charge >= 0.3 is 5.97 Å². The number of nitrogens with two attached hydrogens (primary N) is 1. The number of esters is 1. The van der Waals surface area contributed by atoms with Crippen LogP contribution in [0.4, 0.5) is 8.78 Å². The molecule has 2 aromatic carbocycles. The van der Waals surface area contributed by atoms with Gasteiger partial charge in [-0.2, -0.15) is 0 Å². The largest absolute Gasteiger partial charge is 0.466 e. The van der Waals surface area contributed by atoms with E-state index in [9.17, 15) is 13.6 Å². The topological polar surface area (TPSA) is 52.3 Å². The third kappa shape index (κ3) is 4.77. The van der Waals surface area contributed by atoms with E-state index in [4.69, 9.17) is 10.5 Å². The normalized spacial score (nSPS) is 11.6. The molecule has 0 spiro atoms. The van der Waals surface area contributed by atoms with Gasteiger partial charge in [-0.3, -0.25) is 4.79 Å². The van der Waals surface area contributed by atoms with Crippen molar-refractivity contribution in [1.29, 1.82) is 0 Å².